The van der Waals surface area contributed by atoms with E-state index < -0.39 is 21.6 Å². The van der Waals surface area contributed by atoms with E-state index in [9.17, 15) is 26.7 Å². The van der Waals surface area contributed by atoms with E-state index in [0.29, 0.717) is 29.0 Å². The van der Waals surface area contributed by atoms with Gasteiger partial charge in [0.2, 0.25) is 0 Å². The first kappa shape index (κ1) is 26.2. The van der Waals surface area contributed by atoms with Gasteiger partial charge in [0.05, 0.1) is 24.1 Å². The number of nitrogens with one attached hydrogen (secondary N) is 1. The molecule has 0 radical (unpaired) electrons. The van der Waals surface area contributed by atoms with Gasteiger partial charge < -0.3 is 15.6 Å². The fraction of sp³-hybridized carbons (Fsp3) is 0.192. The van der Waals surface area contributed by atoms with Gasteiger partial charge >= 0.3 is 15.5 Å². The van der Waals surface area contributed by atoms with Crippen molar-refractivity contribution in [2.75, 3.05) is 11.3 Å². The number of aliphatic hydroxyl groups excluding tert-OH is 1. The highest BCUT2D eigenvalue weighted by Crippen LogP contribution is 2.41. The Hall–Kier alpha value is -3.83. The van der Waals surface area contributed by atoms with Crippen LogP contribution in [0.4, 0.5) is 24.5 Å². The van der Waals surface area contributed by atoms with Crippen molar-refractivity contribution in [3.8, 4) is 16.9 Å². The average molecular weight is 532 g/mol. The smallest absolute Gasteiger partial charge is 0.493 e. The number of nitrogens with zero attached hydrogens (tertiary/aromatic N) is 1. The molecule has 11 heteroatoms. The Morgan fingerprint density at radius 1 is 1.11 bits per heavy atom. The first-order valence-corrected chi connectivity index (χ1v) is 12.7. The third-order valence-electron chi connectivity index (χ3n) is 5.81. The Balaban J connectivity index is 1.59. The molecule has 4 rings (SSSR count). The molecule has 0 fully saturated rings. The molecule has 0 bridgehead atoms. The summed E-state index contributed by atoms with van der Waals surface area (Å²) >= 11 is 0. The molecule has 0 spiro atoms. The molecular formula is C26H24F3N3O4S. The van der Waals surface area contributed by atoms with Crippen LogP contribution in [-0.2, 0) is 10.0 Å². The second kappa shape index (κ2) is 10.7. The lowest BCUT2D eigenvalue weighted by atomic mass is 9.88. The highest BCUT2D eigenvalue weighted by molar-refractivity contribution is 7.93. The number of alkyl halides is 3. The van der Waals surface area contributed by atoms with Crippen molar-refractivity contribution in [3.05, 3.63) is 90.6 Å². The normalized spacial score (nSPS) is 18.3. The lowest BCUT2D eigenvalue weighted by molar-refractivity contribution is -0.0429. The van der Waals surface area contributed by atoms with Gasteiger partial charge in [-0.2, -0.15) is 21.6 Å². The van der Waals surface area contributed by atoms with Crippen molar-refractivity contribution in [1.82, 2.24) is 0 Å². The Kier molecular flexibility index (Phi) is 7.55. The van der Waals surface area contributed by atoms with Crippen LogP contribution in [0.3, 0.4) is 0 Å². The Labute approximate surface area is 212 Å². The number of ether oxygens (including phenoxy) is 1. The summed E-state index contributed by atoms with van der Waals surface area (Å²) in [6.45, 7) is 0.159. The van der Waals surface area contributed by atoms with Gasteiger partial charge in [0, 0.05) is 22.8 Å². The topological polar surface area (TPSA) is 114 Å². The minimum atomic E-state index is -5.60. The summed E-state index contributed by atoms with van der Waals surface area (Å²) in [5, 5.41) is 11.1. The number of hydrogen-bond donors (Lipinski definition) is 3. The predicted octanol–water partition coefficient (Wildman–Crippen LogP) is 5.29. The molecule has 0 aliphatic carbocycles. The molecule has 1 heterocycles. The zero-order chi connectivity index (χ0) is 26.6. The number of halogens is 3. The first-order valence-electron chi connectivity index (χ1n) is 11.2. The van der Waals surface area contributed by atoms with Crippen LogP contribution < -0.4 is 15.2 Å². The maximum Gasteiger partial charge on any atom is 0.516 e. The Morgan fingerprint density at radius 3 is 2.51 bits per heavy atom. The van der Waals surface area contributed by atoms with Crippen molar-refractivity contribution in [2.45, 2.75) is 18.0 Å². The Morgan fingerprint density at radius 2 is 1.81 bits per heavy atom. The van der Waals surface area contributed by atoms with Crippen molar-refractivity contribution >= 4 is 27.1 Å². The summed E-state index contributed by atoms with van der Waals surface area (Å²) in [5.74, 6) is 0.0218. The summed E-state index contributed by atoms with van der Waals surface area (Å²) in [5.41, 5.74) is 2.44. The minimum Gasteiger partial charge on any atom is -0.493 e. The van der Waals surface area contributed by atoms with Gasteiger partial charge in [-0.1, -0.05) is 48.5 Å². The van der Waals surface area contributed by atoms with Crippen LogP contribution in [0.2, 0.25) is 0 Å². The number of rotatable bonds is 7. The molecule has 194 valence electrons. The number of allylic oxidation sites excluding steroid dienone is 1. The van der Waals surface area contributed by atoms with Gasteiger partial charge in [0.1, 0.15) is 5.75 Å². The quantitative estimate of drug-likeness (QED) is 0.359. The minimum absolute atomic E-state index is 0.159. The average Bonchev–Trinajstić information content (AvgIpc) is 2.86. The van der Waals surface area contributed by atoms with Gasteiger partial charge in [-0.25, -0.2) is 0 Å². The molecular weight excluding hydrogens is 507 g/mol. The Bertz CT molecular complexity index is 1420. The zero-order valence-electron chi connectivity index (χ0n) is 19.4. The largest absolute Gasteiger partial charge is 0.516 e. The van der Waals surface area contributed by atoms with E-state index in [2.05, 4.69) is 4.99 Å². The van der Waals surface area contributed by atoms with Crippen LogP contribution in [-0.4, -0.2) is 31.4 Å². The van der Waals surface area contributed by atoms with Gasteiger partial charge in [0.25, 0.3) is 0 Å². The number of nitrogens with two attached hydrogens (primary N) is 1. The molecule has 37 heavy (non-hydrogen) atoms. The number of sulfonamides is 1. The summed E-state index contributed by atoms with van der Waals surface area (Å²) < 4.78 is 69.5. The molecule has 0 saturated heterocycles. The maximum atomic E-state index is 12.9. The molecule has 1 aliphatic heterocycles. The molecule has 2 unspecified atom stereocenters. The monoisotopic (exact) mass is 531 g/mol. The van der Waals surface area contributed by atoms with Crippen molar-refractivity contribution in [1.29, 1.82) is 0 Å². The fourth-order valence-corrected chi connectivity index (χ4v) is 4.59. The summed E-state index contributed by atoms with van der Waals surface area (Å²) in [6.07, 6.45) is 2.52. The number of anilines is 1. The highest BCUT2D eigenvalue weighted by atomic mass is 32.2. The highest BCUT2D eigenvalue weighted by Gasteiger charge is 2.46. The SMILES string of the molecule is NC=CC(CC1COc2cc(-c3ccccc3NS(=O)(=O)C(F)(F)F)ccc2C1O)=Nc1ccccc1. The summed E-state index contributed by atoms with van der Waals surface area (Å²) in [4.78, 5) is 4.59. The molecule has 1 aliphatic rings. The van der Waals surface area contributed by atoms with Crippen LogP contribution in [0.25, 0.3) is 11.1 Å². The van der Waals surface area contributed by atoms with Gasteiger partial charge in [-0.05, 0) is 48.5 Å². The molecule has 3 aromatic rings. The van der Waals surface area contributed by atoms with Crippen LogP contribution in [0.1, 0.15) is 18.1 Å². The standard InChI is InChI=1S/C26H24F3N3O4S/c27-26(28,29)37(34,35)32-23-9-5-4-8-21(23)17-10-11-22-24(15-17)36-16-18(25(22)33)14-20(12-13-30)31-19-6-2-1-3-7-19/h1-13,15,18,25,32-33H,14,16,30H2. The van der Waals surface area contributed by atoms with Crippen LogP contribution in [0.15, 0.2) is 90.1 Å². The van der Waals surface area contributed by atoms with Crippen molar-refractivity contribution in [3.63, 3.8) is 0 Å². The van der Waals surface area contributed by atoms with Gasteiger partial charge in [-0.3, -0.25) is 9.71 Å². The maximum absolute atomic E-state index is 12.9. The number of benzene rings is 3. The second-order valence-corrected chi connectivity index (χ2v) is 10.0. The lowest BCUT2D eigenvalue weighted by Gasteiger charge is -2.31. The van der Waals surface area contributed by atoms with E-state index >= 15 is 0 Å². The van der Waals surface area contributed by atoms with Crippen LogP contribution in [0, 0.1) is 5.92 Å². The van der Waals surface area contributed by atoms with E-state index in [1.807, 2.05) is 30.3 Å². The summed E-state index contributed by atoms with van der Waals surface area (Å²) in [7, 11) is -5.60. The van der Waals surface area contributed by atoms with Crippen LogP contribution >= 0.6 is 0 Å². The predicted molar refractivity (Wildman–Crippen MR) is 136 cm³/mol. The van der Waals surface area contributed by atoms with E-state index in [-0.39, 0.29) is 23.8 Å². The summed E-state index contributed by atoms with van der Waals surface area (Å²) in [6, 6.07) is 19.8. The number of aliphatic imine (C=N–C) groups is 1. The third kappa shape index (κ3) is 5.95. The molecule has 2 atom stereocenters. The van der Waals surface area contributed by atoms with Gasteiger partial charge in [0.15, 0.2) is 0 Å². The number of para-hydroxylation sites is 2. The zero-order valence-corrected chi connectivity index (χ0v) is 20.2. The molecule has 4 N–H and O–H groups in total. The molecule has 0 saturated carbocycles. The molecule has 0 amide bonds. The van der Waals surface area contributed by atoms with E-state index in [4.69, 9.17) is 10.5 Å². The number of hydrogen-bond acceptors (Lipinski definition) is 6. The van der Waals surface area contributed by atoms with E-state index in [1.165, 1.54) is 24.4 Å². The van der Waals surface area contributed by atoms with E-state index in [0.717, 1.165) is 5.69 Å². The molecule has 0 aromatic heterocycles. The molecule has 7 nitrogen and oxygen atoms in total. The number of aliphatic hydroxyl groups is 1. The van der Waals surface area contributed by atoms with E-state index in [1.54, 1.807) is 35.1 Å². The number of fused-ring (bicyclic) bond motifs is 1. The van der Waals surface area contributed by atoms with Crippen LogP contribution in [0.5, 0.6) is 5.75 Å². The second-order valence-electron chi connectivity index (χ2n) is 8.37. The first-order chi connectivity index (χ1) is 17.6. The van der Waals surface area contributed by atoms with Crippen molar-refractivity contribution < 1.29 is 31.4 Å². The van der Waals surface area contributed by atoms with Gasteiger partial charge in [-0.15, -0.1) is 0 Å². The van der Waals surface area contributed by atoms with Crippen molar-refractivity contribution in [2.24, 2.45) is 16.6 Å². The molecule has 3 aromatic carbocycles. The third-order valence-corrected chi connectivity index (χ3v) is 6.91. The lowest BCUT2D eigenvalue weighted by Crippen LogP contribution is -2.30. The fourth-order valence-electron chi connectivity index (χ4n) is 4.01.